The second-order valence-electron chi connectivity index (χ2n) is 11.8. The summed E-state index contributed by atoms with van der Waals surface area (Å²) in [7, 11) is 0. The molecule has 1 N–H and O–H groups in total. The summed E-state index contributed by atoms with van der Waals surface area (Å²) in [6.07, 6.45) is 7.80. The van der Waals surface area contributed by atoms with Crippen molar-refractivity contribution in [1.29, 1.82) is 0 Å². The highest BCUT2D eigenvalue weighted by molar-refractivity contribution is 5.36. The van der Waals surface area contributed by atoms with Crippen molar-refractivity contribution >= 4 is 11.4 Å². The first-order chi connectivity index (χ1) is 19.2. The lowest BCUT2D eigenvalue weighted by molar-refractivity contribution is -0.385. The third-order valence-electron chi connectivity index (χ3n) is 6.59. The molecule has 0 bridgehead atoms. The summed E-state index contributed by atoms with van der Waals surface area (Å²) in [5.41, 5.74) is -0.822. The fourth-order valence-corrected chi connectivity index (χ4v) is 4.87. The Morgan fingerprint density at radius 3 is 1.51 bits per heavy atom. The van der Waals surface area contributed by atoms with Gasteiger partial charge in [0.05, 0.1) is 15.4 Å². The van der Waals surface area contributed by atoms with E-state index in [9.17, 15) is 29.7 Å². The number of likely N-dealkylation sites (tertiary alicyclic amines) is 2. The van der Waals surface area contributed by atoms with Crippen molar-refractivity contribution in [2.45, 2.75) is 77.4 Å². The number of β-amino-alcohol motifs (C(OH)–C–C–N with tert-alkyl or cyclic N) is 1. The molecule has 2 aromatic carbocycles. The van der Waals surface area contributed by atoms with E-state index in [1.54, 1.807) is 12.1 Å². The van der Waals surface area contributed by atoms with Gasteiger partial charge in [-0.15, -0.1) is 0 Å². The van der Waals surface area contributed by atoms with Crippen molar-refractivity contribution in [3.63, 3.8) is 0 Å². The minimum atomic E-state index is -0.570. The molecule has 2 saturated heterocycles. The van der Waals surface area contributed by atoms with Gasteiger partial charge in [0.15, 0.2) is 0 Å². The van der Waals surface area contributed by atoms with Gasteiger partial charge in [-0.25, -0.2) is 4.39 Å². The quantitative estimate of drug-likeness (QED) is 0.291. The second-order valence-corrected chi connectivity index (χ2v) is 11.8. The van der Waals surface area contributed by atoms with Gasteiger partial charge in [-0.2, -0.15) is 0 Å². The Labute approximate surface area is 242 Å². The molecule has 0 unspecified atom stereocenters. The normalized spacial score (nSPS) is 16.4. The molecule has 228 valence electrons. The molecule has 2 fully saturated rings. The van der Waals surface area contributed by atoms with Crippen LogP contribution in [0, 0.1) is 26.0 Å². The topological polar surface area (TPSA) is 122 Å². The number of hydrogen-bond acceptors (Lipinski definition) is 8. The molecule has 2 heterocycles. The Balaban J connectivity index is 0.000000236. The molecule has 0 amide bonds. The van der Waals surface area contributed by atoms with Crippen molar-refractivity contribution in [2.75, 3.05) is 39.3 Å². The lowest BCUT2D eigenvalue weighted by atomic mass is 10.1. The van der Waals surface area contributed by atoms with Gasteiger partial charge < -0.3 is 14.7 Å². The third kappa shape index (κ3) is 14.3. The number of piperidine rings is 2. The smallest absolute Gasteiger partial charge is 0.269 e. The summed E-state index contributed by atoms with van der Waals surface area (Å²) in [6, 6.07) is 10.6. The van der Waals surface area contributed by atoms with Crippen molar-refractivity contribution < 1.29 is 24.1 Å². The third-order valence-corrected chi connectivity index (χ3v) is 6.59. The zero-order chi connectivity index (χ0) is 30.5. The van der Waals surface area contributed by atoms with Crippen LogP contribution in [0.1, 0.15) is 66.2 Å². The monoisotopic (exact) mass is 576 g/mol. The summed E-state index contributed by atoms with van der Waals surface area (Å²) in [5, 5.41) is 30.1. The molecule has 2 aliphatic rings. The van der Waals surface area contributed by atoms with Gasteiger partial charge in [0.25, 0.3) is 11.4 Å². The van der Waals surface area contributed by atoms with Gasteiger partial charge in [-0.3, -0.25) is 25.1 Å². The number of nitro benzene ring substituents is 2. The maximum atomic E-state index is 12.1. The first kappa shape index (κ1) is 34.1. The van der Waals surface area contributed by atoms with Gasteiger partial charge in [0.2, 0.25) is 0 Å². The lowest BCUT2D eigenvalue weighted by Crippen LogP contribution is -2.44. The van der Waals surface area contributed by atoms with Gasteiger partial charge in [0, 0.05) is 37.4 Å². The maximum absolute atomic E-state index is 12.1. The van der Waals surface area contributed by atoms with Gasteiger partial charge in [-0.1, -0.05) is 12.8 Å². The zero-order valence-corrected chi connectivity index (χ0v) is 24.8. The standard InChI is InChI=1S/C15H22N2O3.C9H19NO.C6H4FNO2/c1-15(2,12-16-10-4-3-5-11-16)20-14-8-6-13(7-9-14)17(18)19;1-9(2,11)8-10-6-4-3-5-7-10;7-5-1-3-6(4-2-5)8(9)10/h6-9H,3-5,10-12H2,1-2H3;11H,3-8H2,1-2H3;1-4H. The molecular formula is C30H45FN4O6. The number of nitro groups is 2. The van der Waals surface area contributed by atoms with Crippen LogP contribution in [0.15, 0.2) is 48.5 Å². The van der Waals surface area contributed by atoms with Crippen molar-refractivity contribution in [2.24, 2.45) is 0 Å². The van der Waals surface area contributed by atoms with Gasteiger partial charge in [0.1, 0.15) is 17.2 Å². The first-order valence-electron chi connectivity index (χ1n) is 14.2. The number of benzene rings is 2. The minimum absolute atomic E-state index is 0.0891. The highest BCUT2D eigenvalue weighted by atomic mass is 19.1. The highest BCUT2D eigenvalue weighted by Gasteiger charge is 2.25. The number of halogens is 1. The van der Waals surface area contributed by atoms with E-state index in [1.165, 1.54) is 63.7 Å². The predicted molar refractivity (Wildman–Crippen MR) is 158 cm³/mol. The second kappa shape index (κ2) is 16.3. The Morgan fingerprint density at radius 1 is 0.732 bits per heavy atom. The summed E-state index contributed by atoms with van der Waals surface area (Å²) in [6.45, 7) is 14.2. The number of aliphatic hydroxyl groups is 1. The number of hydrogen-bond donors (Lipinski definition) is 1. The highest BCUT2D eigenvalue weighted by Crippen LogP contribution is 2.23. The van der Waals surface area contributed by atoms with Gasteiger partial charge >= 0.3 is 0 Å². The van der Waals surface area contributed by atoms with Crippen LogP contribution in [-0.2, 0) is 0 Å². The largest absolute Gasteiger partial charge is 0.487 e. The van der Waals surface area contributed by atoms with Gasteiger partial charge in [-0.05, 0) is 104 Å². The first-order valence-corrected chi connectivity index (χ1v) is 14.2. The van der Waals surface area contributed by atoms with Crippen LogP contribution in [-0.4, -0.2) is 75.2 Å². The molecular weight excluding hydrogens is 531 g/mol. The molecule has 0 aliphatic carbocycles. The molecule has 11 heteroatoms. The van der Waals surface area contributed by atoms with Crippen LogP contribution in [0.2, 0.25) is 0 Å². The Hall–Kier alpha value is -3.15. The van der Waals surface area contributed by atoms with E-state index >= 15 is 0 Å². The summed E-state index contributed by atoms with van der Waals surface area (Å²) in [4.78, 5) is 24.4. The molecule has 2 aliphatic heterocycles. The number of rotatable bonds is 8. The molecule has 41 heavy (non-hydrogen) atoms. The maximum Gasteiger partial charge on any atom is 0.269 e. The van der Waals surface area contributed by atoms with Crippen molar-refractivity contribution in [3.05, 3.63) is 74.6 Å². The van der Waals surface area contributed by atoms with Crippen LogP contribution in [0.25, 0.3) is 0 Å². The van der Waals surface area contributed by atoms with E-state index in [4.69, 9.17) is 4.74 Å². The molecule has 2 aromatic rings. The number of nitrogens with zero attached hydrogens (tertiary/aromatic N) is 4. The van der Waals surface area contributed by atoms with Crippen LogP contribution in [0.4, 0.5) is 15.8 Å². The summed E-state index contributed by atoms with van der Waals surface area (Å²) in [5.74, 6) is 0.211. The summed E-state index contributed by atoms with van der Waals surface area (Å²) >= 11 is 0. The zero-order valence-electron chi connectivity index (χ0n) is 24.8. The fraction of sp³-hybridized carbons (Fsp3) is 0.600. The Kier molecular flexibility index (Phi) is 13.6. The molecule has 0 radical (unpaired) electrons. The van der Waals surface area contributed by atoms with E-state index in [0.29, 0.717) is 5.75 Å². The fourth-order valence-electron chi connectivity index (χ4n) is 4.87. The molecule has 4 rings (SSSR count). The number of ether oxygens (including phenoxy) is 1. The molecule has 0 aromatic heterocycles. The van der Waals surface area contributed by atoms with E-state index in [2.05, 4.69) is 23.6 Å². The average Bonchev–Trinajstić information content (AvgIpc) is 2.90. The van der Waals surface area contributed by atoms with E-state index in [1.807, 2.05) is 13.8 Å². The summed E-state index contributed by atoms with van der Waals surface area (Å²) < 4.78 is 18.1. The molecule has 10 nitrogen and oxygen atoms in total. The SMILES string of the molecule is CC(C)(CN1CCCCC1)Oc1ccc([N+](=O)[O-])cc1.CC(C)(O)CN1CCCCC1.O=[N+]([O-])c1ccc(F)cc1. The van der Waals surface area contributed by atoms with Crippen LogP contribution in [0.3, 0.4) is 0 Å². The van der Waals surface area contributed by atoms with E-state index < -0.39 is 21.3 Å². The average molecular weight is 577 g/mol. The molecule has 0 saturated carbocycles. The lowest BCUT2D eigenvalue weighted by Gasteiger charge is -2.35. The molecule has 0 atom stereocenters. The van der Waals surface area contributed by atoms with Crippen molar-refractivity contribution in [1.82, 2.24) is 9.80 Å². The van der Waals surface area contributed by atoms with Crippen LogP contribution >= 0.6 is 0 Å². The minimum Gasteiger partial charge on any atom is -0.487 e. The molecule has 0 spiro atoms. The number of non-ortho nitro benzene ring substituents is 2. The van der Waals surface area contributed by atoms with Crippen LogP contribution < -0.4 is 4.74 Å². The van der Waals surface area contributed by atoms with Crippen LogP contribution in [0.5, 0.6) is 5.75 Å². The Bertz CT molecular complexity index is 1060. The van der Waals surface area contributed by atoms with Crippen molar-refractivity contribution in [3.8, 4) is 5.75 Å². The van der Waals surface area contributed by atoms with E-state index in [0.717, 1.165) is 50.4 Å². The van der Waals surface area contributed by atoms with E-state index in [-0.39, 0.29) is 17.0 Å². The Morgan fingerprint density at radius 2 is 1.12 bits per heavy atom. The predicted octanol–water partition coefficient (Wildman–Crippen LogP) is 6.22.